The zero-order valence-electron chi connectivity index (χ0n) is 46.5. The monoisotopic (exact) mass is 979 g/mol. The van der Waals surface area contributed by atoms with Gasteiger partial charge in [-0.3, -0.25) is 14.4 Å². The predicted octanol–water partition coefficient (Wildman–Crippen LogP) is 20.4. The summed E-state index contributed by atoms with van der Waals surface area (Å²) >= 11 is 0. The van der Waals surface area contributed by atoms with Gasteiger partial charge in [-0.05, 0) is 96.3 Å². The van der Waals surface area contributed by atoms with E-state index >= 15 is 0 Å². The highest BCUT2D eigenvalue weighted by molar-refractivity contribution is 5.71. The third kappa shape index (κ3) is 56.0. The Balaban J connectivity index is 4.41. The molecule has 0 aromatic carbocycles. The Morgan fingerprint density at radius 1 is 0.286 bits per heavy atom. The fourth-order valence-electron chi connectivity index (χ4n) is 8.67. The Bertz CT molecular complexity index is 1260. The maximum atomic E-state index is 12.9. The average Bonchev–Trinajstić information content (AvgIpc) is 3.36. The van der Waals surface area contributed by atoms with Crippen molar-refractivity contribution in [2.75, 3.05) is 13.2 Å². The van der Waals surface area contributed by atoms with Gasteiger partial charge in [-0.1, -0.05) is 255 Å². The van der Waals surface area contributed by atoms with Crippen molar-refractivity contribution in [1.29, 1.82) is 0 Å². The summed E-state index contributed by atoms with van der Waals surface area (Å²) in [4.78, 5) is 38.2. The van der Waals surface area contributed by atoms with Crippen LogP contribution in [0.15, 0.2) is 60.8 Å². The van der Waals surface area contributed by atoms with E-state index in [1.54, 1.807) is 0 Å². The second-order valence-corrected chi connectivity index (χ2v) is 20.3. The largest absolute Gasteiger partial charge is 0.462 e. The van der Waals surface area contributed by atoms with Crippen molar-refractivity contribution in [3.8, 4) is 0 Å². The topological polar surface area (TPSA) is 78.9 Å². The first-order chi connectivity index (χ1) is 34.5. The summed E-state index contributed by atoms with van der Waals surface area (Å²) in [7, 11) is 0. The minimum atomic E-state index is -0.789. The molecule has 70 heavy (non-hydrogen) atoms. The number of allylic oxidation sites excluding steroid dienone is 10. The van der Waals surface area contributed by atoms with Crippen molar-refractivity contribution >= 4 is 17.9 Å². The van der Waals surface area contributed by atoms with Crippen LogP contribution in [0.25, 0.3) is 0 Å². The van der Waals surface area contributed by atoms with Gasteiger partial charge in [-0.15, -0.1) is 0 Å². The first kappa shape index (κ1) is 67.1. The third-order valence-electron chi connectivity index (χ3n) is 13.3. The van der Waals surface area contributed by atoms with E-state index in [1.807, 2.05) is 0 Å². The number of esters is 3. The summed E-state index contributed by atoms with van der Waals surface area (Å²) in [5, 5.41) is 0. The quantitative estimate of drug-likeness (QED) is 0.0199. The molecule has 6 nitrogen and oxygen atoms in total. The molecule has 406 valence electrons. The van der Waals surface area contributed by atoms with Crippen LogP contribution in [0, 0.1) is 0 Å². The molecule has 0 aliphatic carbocycles. The summed E-state index contributed by atoms with van der Waals surface area (Å²) in [5.41, 5.74) is 0. The summed E-state index contributed by atoms with van der Waals surface area (Å²) < 4.78 is 16.9. The molecule has 0 radical (unpaired) electrons. The molecule has 0 fully saturated rings. The molecule has 0 saturated heterocycles. The van der Waals surface area contributed by atoms with Crippen molar-refractivity contribution in [1.82, 2.24) is 0 Å². The van der Waals surface area contributed by atoms with E-state index in [4.69, 9.17) is 14.2 Å². The smallest absolute Gasteiger partial charge is 0.306 e. The van der Waals surface area contributed by atoms with Crippen LogP contribution in [0.1, 0.15) is 310 Å². The molecule has 0 N–H and O–H groups in total. The molecular formula is C64H114O6. The SMILES string of the molecule is CCCCCC/C=C\CCCCCCCCCC(=O)OCC(COC(=O)CCCCCCCCC/C=C\CCCCCCCCCC)OC(=O)CCCCCCC\C=C/C=C\C=C/CCCCCCC. The van der Waals surface area contributed by atoms with E-state index in [-0.39, 0.29) is 31.1 Å². The van der Waals surface area contributed by atoms with Crippen LogP contribution < -0.4 is 0 Å². The van der Waals surface area contributed by atoms with Crippen molar-refractivity contribution in [2.24, 2.45) is 0 Å². The molecule has 0 spiro atoms. The van der Waals surface area contributed by atoms with Gasteiger partial charge in [0.15, 0.2) is 6.10 Å². The lowest BCUT2D eigenvalue weighted by Crippen LogP contribution is -2.30. The number of carbonyl (C=O) groups excluding carboxylic acids is 3. The van der Waals surface area contributed by atoms with Gasteiger partial charge < -0.3 is 14.2 Å². The van der Waals surface area contributed by atoms with E-state index in [0.717, 1.165) is 83.5 Å². The van der Waals surface area contributed by atoms with Crippen LogP contribution in [-0.4, -0.2) is 37.2 Å². The maximum absolute atomic E-state index is 12.9. The third-order valence-corrected chi connectivity index (χ3v) is 13.3. The van der Waals surface area contributed by atoms with Crippen molar-refractivity contribution in [2.45, 2.75) is 316 Å². The zero-order valence-corrected chi connectivity index (χ0v) is 46.5. The van der Waals surface area contributed by atoms with E-state index in [0.29, 0.717) is 19.3 Å². The average molecular weight is 980 g/mol. The van der Waals surface area contributed by atoms with E-state index in [1.165, 1.54) is 186 Å². The lowest BCUT2D eigenvalue weighted by atomic mass is 10.1. The Labute approximate surface area is 434 Å². The minimum absolute atomic E-state index is 0.0850. The van der Waals surface area contributed by atoms with Gasteiger partial charge in [0.25, 0.3) is 0 Å². The molecule has 0 aromatic rings. The number of rotatable bonds is 55. The minimum Gasteiger partial charge on any atom is -0.462 e. The molecule has 0 saturated carbocycles. The maximum Gasteiger partial charge on any atom is 0.306 e. The van der Waals surface area contributed by atoms with Crippen LogP contribution in [0.5, 0.6) is 0 Å². The standard InChI is InChI=1S/C64H114O6/c1-4-7-10-13-16-19-22-25-28-30-32-34-36-39-42-45-48-51-54-57-63(66)69-60-61(59-68-62(65)56-53-50-47-44-41-38-35-27-24-21-18-15-12-9-6-3)70-64(67)58-55-52-49-46-43-40-37-33-31-29-26-23-20-17-14-11-8-5-2/h21,23-24,26,29-33,37,61H,4-20,22,25,27-28,34-36,38-60H2,1-3H3/b24-21-,26-23-,31-29-,32-30-,37-33-. The van der Waals surface area contributed by atoms with Gasteiger partial charge in [0, 0.05) is 19.3 Å². The highest BCUT2D eigenvalue weighted by Crippen LogP contribution is 2.15. The first-order valence-electron chi connectivity index (χ1n) is 30.3. The summed E-state index contributed by atoms with van der Waals surface area (Å²) in [6.07, 6.45) is 73.5. The van der Waals surface area contributed by atoms with Gasteiger partial charge in [-0.2, -0.15) is 0 Å². The Morgan fingerprint density at radius 2 is 0.529 bits per heavy atom. The number of ether oxygens (including phenoxy) is 3. The fraction of sp³-hybridized carbons (Fsp3) is 0.797. The van der Waals surface area contributed by atoms with Crippen LogP contribution in [0.4, 0.5) is 0 Å². The lowest BCUT2D eigenvalue weighted by molar-refractivity contribution is -0.167. The highest BCUT2D eigenvalue weighted by Gasteiger charge is 2.19. The van der Waals surface area contributed by atoms with E-state index < -0.39 is 6.10 Å². The van der Waals surface area contributed by atoms with E-state index in [2.05, 4.69) is 81.5 Å². The van der Waals surface area contributed by atoms with E-state index in [9.17, 15) is 14.4 Å². The van der Waals surface area contributed by atoms with Gasteiger partial charge in [-0.25, -0.2) is 0 Å². The molecule has 0 aliphatic rings. The van der Waals surface area contributed by atoms with Gasteiger partial charge >= 0.3 is 17.9 Å². The Kier molecular flexibility index (Phi) is 56.3. The fourth-order valence-corrected chi connectivity index (χ4v) is 8.67. The van der Waals surface area contributed by atoms with Gasteiger partial charge in [0.2, 0.25) is 0 Å². The Hall–Kier alpha value is -2.89. The van der Waals surface area contributed by atoms with Gasteiger partial charge in [0.05, 0.1) is 0 Å². The van der Waals surface area contributed by atoms with Crippen LogP contribution in [0.2, 0.25) is 0 Å². The predicted molar refractivity (Wildman–Crippen MR) is 302 cm³/mol. The lowest BCUT2D eigenvalue weighted by Gasteiger charge is -2.18. The molecule has 0 bridgehead atoms. The Morgan fingerprint density at radius 3 is 0.843 bits per heavy atom. The zero-order chi connectivity index (χ0) is 50.7. The number of unbranched alkanes of at least 4 members (excludes halogenated alkanes) is 36. The second kappa shape index (κ2) is 58.7. The second-order valence-electron chi connectivity index (χ2n) is 20.3. The molecule has 6 heteroatoms. The molecule has 0 aliphatic heterocycles. The molecule has 0 rings (SSSR count). The van der Waals surface area contributed by atoms with Crippen LogP contribution >= 0.6 is 0 Å². The number of hydrogen-bond acceptors (Lipinski definition) is 6. The summed E-state index contributed by atoms with van der Waals surface area (Å²) in [5.74, 6) is -0.900. The number of hydrogen-bond donors (Lipinski definition) is 0. The molecule has 1 unspecified atom stereocenters. The highest BCUT2D eigenvalue weighted by atomic mass is 16.6. The molecule has 1 atom stereocenters. The summed E-state index contributed by atoms with van der Waals surface area (Å²) in [6, 6.07) is 0. The van der Waals surface area contributed by atoms with Crippen LogP contribution in [-0.2, 0) is 28.6 Å². The van der Waals surface area contributed by atoms with Gasteiger partial charge in [0.1, 0.15) is 13.2 Å². The number of carbonyl (C=O) groups is 3. The molecular weight excluding hydrogens is 865 g/mol. The summed E-state index contributed by atoms with van der Waals surface area (Å²) in [6.45, 7) is 6.62. The molecule has 0 amide bonds. The molecule has 0 aromatic heterocycles. The van der Waals surface area contributed by atoms with Crippen molar-refractivity contribution in [3.05, 3.63) is 60.8 Å². The first-order valence-corrected chi connectivity index (χ1v) is 30.3. The van der Waals surface area contributed by atoms with Crippen molar-refractivity contribution in [3.63, 3.8) is 0 Å². The molecule has 0 heterocycles. The van der Waals surface area contributed by atoms with Crippen LogP contribution in [0.3, 0.4) is 0 Å². The normalized spacial score (nSPS) is 12.4. The van der Waals surface area contributed by atoms with Crippen molar-refractivity contribution < 1.29 is 28.6 Å².